The maximum atomic E-state index is 13.7. The molecule has 2 saturated heterocycles. The SMILES string of the molecule is O=C(CN1C(=O)N/C(=C\c2ccccc2F)C1=O)N1CCOCC1. The molecule has 3 rings (SSSR count). The third kappa shape index (κ3) is 3.28. The fourth-order valence-electron chi connectivity index (χ4n) is 2.51. The zero-order valence-corrected chi connectivity index (χ0v) is 12.8. The van der Waals surface area contributed by atoms with Crippen molar-refractivity contribution in [2.45, 2.75) is 0 Å². The number of carbonyl (C=O) groups excluding carboxylic acids is 3. The van der Waals surface area contributed by atoms with Crippen LogP contribution in [0.15, 0.2) is 30.0 Å². The second-order valence-corrected chi connectivity index (χ2v) is 5.39. The fourth-order valence-corrected chi connectivity index (χ4v) is 2.51. The molecule has 24 heavy (non-hydrogen) atoms. The predicted octanol–water partition coefficient (Wildman–Crippen LogP) is 0.577. The maximum Gasteiger partial charge on any atom is 0.329 e. The van der Waals surface area contributed by atoms with Crippen molar-refractivity contribution in [1.29, 1.82) is 0 Å². The van der Waals surface area contributed by atoms with Gasteiger partial charge in [-0.15, -0.1) is 0 Å². The van der Waals surface area contributed by atoms with E-state index in [1.54, 1.807) is 11.0 Å². The number of imide groups is 1. The Morgan fingerprint density at radius 2 is 1.96 bits per heavy atom. The van der Waals surface area contributed by atoms with E-state index in [9.17, 15) is 18.8 Å². The minimum Gasteiger partial charge on any atom is -0.378 e. The number of hydrogen-bond donors (Lipinski definition) is 1. The lowest BCUT2D eigenvalue weighted by Crippen LogP contribution is -2.47. The molecule has 1 aromatic rings. The summed E-state index contributed by atoms with van der Waals surface area (Å²) in [5, 5.41) is 2.37. The van der Waals surface area contributed by atoms with Gasteiger partial charge in [0.25, 0.3) is 5.91 Å². The molecule has 1 aromatic carbocycles. The molecule has 7 nitrogen and oxygen atoms in total. The number of hydrogen-bond acceptors (Lipinski definition) is 4. The molecule has 0 atom stereocenters. The van der Waals surface area contributed by atoms with E-state index in [1.807, 2.05) is 0 Å². The van der Waals surface area contributed by atoms with Gasteiger partial charge in [-0.05, 0) is 12.1 Å². The van der Waals surface area contributed by atoms with Crippen LogP contribution < -0.4 is 5.32 Å². The van der Waals surface area contributed by atoms with Gasteiger partial charge in [-0.1, -0.05) is 18.2 Å². The van der Waals surface area contributed by atoms with Crippen LogP contribution in [0.4, 0.5) is 9.18 Å². The molecule has 2 aliphatic rings. The van der Waals surface area contributed by atoms with Crippen LogP contribution in [-0.2, 0) is 14.3 Å². The highest BCUT2D eigenvalue weighted by molar-refractivity contribution is 6.15. The predicted molar refractivity (Wildman–Crippen MR) is 82.0 cm³/mol. The summed E-state index contributed by atoms with van der Waals surface area (Å²) in [5.74, 6) is -1.48. The molecule has 8 heteroatoms. The molecule has 0 unspecified atom stereocenters. The van der Waals surface area contributed by atoms with Crippen molar-refractivity contribution in [2.75, 3.05) is 32.8 Å². The second kappa shape index (κ2) is 6.79. The van der Waals surface area contributed by atoms with Gasteiger partial charge in [-0.25, -0.2) is 14.1 Å². The number of urea groups is 1. The largest absolute Gasteiger partial charge is 0.378 e. The summed E-state index contributed by atoms with van der Waals surface area (Å²) in [7, 11) is 0. The summed E-state index contributed by atoms with van der Waals surface area (Å²) >= 11 is 0. The van der Waals surface area contributed by atoms with Crippen molar-refractivity contribution in [2.24, 2.45) is 0 Å². The molecule has 0 bridgehead atoms. The van der Waals surface area contributed by atoms with Gasteiger partial charge in [0, 0.05) is 18.7 Å². The van der Waals surface area contributed by atoms with Gasteiger partial charge in [0.1, 0.15) is 18.1 Å². The van der Waals surface area contributed by atoms with Gasteiger partial charge < -0.3 is 15.0 Å². The van der Waals surface area contributed by atoms with E-state index in [0.29, 0.717) is 26.3 Å². The first kappa shape index (κ1) is 16.1. The van der Waals surface area contributed by atoms with E-state index in [2.05, 4.69) is 5.32 Å². The monoisotopic (exact) mass is 333 g/mol. The minimum atomic E-state index is -0.691. The number of nitrogens with one attached hydrogen (secondary N) is 1. The Kier molecular flexibility index (Phi) is 4.57. The van der Waals surface area contributed by atoms with Gasteiger partial charge in [0.15, 0.2) is 0 Å². The van der Waals surface area contributed by atoms with Gasteiger partial charge in [-0.3, -0.25) is 9.59 Å². The Labute approximate surface area is 137 Å². The van der Waals surface area contributed by atoms with Crippen LogP contribution in [-0.4, -0.2) is 60.5 Å². The molecular weight excluding hydrogens is 317 g/mol. The van der Waals surface area contributed by atoms with Crippen molar-refractivity contribution in [3.63, 3.8) is 0 Å². The van der Waals surface area contributed by atoms with E-state index in [1.165, 1.54) is 24.3 Å². The van der Waals surface area contributed by atoms with Crippen LogP contribution in [0.5, 0.6) is 0 Å². The van der Waals surface area contributed by atoms with Gasteiger partial charge in [0.05, 0.1) is 13.2 Å². The lowest BCUT2D eigenvalue weighted by molar-refractivity contribution is -0.139. The Hall–Kier alpha value is -2.74. The summed E-state index contributed by atoms with van der Waals surface area (Å²) in [4.78, 5) is 38.8. The van der Waals surface area contributed by atoms with Crippen molar-refractivity contribution in [1.82, 2.24) is 15.1 Å². The third-order valence-corrected chi connectivity index (χ3v) is 3.82. The molecular formula is C16H16FN3O4. The Morgan fingerprint density at radius 1 is 1.25 bits per heavy atom. The van der Waals surface area contributed by atoms with Crippen LogP contribution in [0.2, 0.25) is 0 Å². The molecule has 2 fully saturated rings. The van der Waals surface area contributed by atoms with E-state index in [-0.39, 0.29) is 23.7 Å². The number of amides is 4. The van der Waals surface area contributed by atoms with E-state index < -0.39 is 17.8 Å². The molecule has 2 heterocycles. The highest BCUT2D eigenvalue weighted by Gasteiger charge is 2.36. The molecule has 0 spiro atoms. The number of ether oxygens (including phenoxy) is 1. The first-order valence-corrected chi connectivity index (χ1v) is 7.51. The summed E-state index contributed by atoms with van der Waals surface area (Å²) in [6, 6.07) is 5.21. The van der Waals surface area contributed by atoms with Crippen LogP contribution in [0.25, 0.3) is 6.08 Å². The standard InChI is InChI=1S/C16H16FN3O4/c17-12-4-2-1-3-11(12)9-13-15(22)20(16(23)18-13)10-14(21)19-5-7-24-8-6-19/h1-4,9H,5-8,10H2,(H,18,23)/b13-9-. The van der Waals surface area contributed by atoms with E-state index in [0.717, 1.165) is 4.90 Å². The molecule has 0 radical (unpaired) electrons. The summed E-state index contributed by atoms with van der Waals surface area (Å²) < 4.78 is 18.8. The van der Waals surface area contributed by atoms with E-state index >= 15 is 0 Å². The highest BCUT2D eigenvalue weighted by atomic mass is 19.1. The average Bonchev–Trinajstić information content (AvgIpc) is 2.85. The Morgan fingerprint density at radius 3 is 2.67 bits per heavy atom. The number of morpholine rings is 1. The van der Waals surface area contributed by atoms with Crippen LogP contribution >= 0.6 is 0 Å². The number of benzene rings is 1. The highest BCUT2D eigenvalue weighted by Crippen LogP contribution is 2.16. The van der Waals surface area contributed by atoms with Gasteiger partial charge in [0.2, 0.25) is 5.91 Å². The lowest BCUT2D eigenvalue weighted by Gasteiger charge is -2.27. The summed E-state index contributed by atoms with van der Waals surface area (Å²) in [5.41, 5.74) is 0.127. The Balaban J connectivity index is 1.72. The zero-order chi connectivity index (χ0) is 17.1. The molecule has 1 N–H and O–H groups in total. The summed E-state index contributed by atoms with van der Waals surface area (Å²) in [6.07, 6.45) is 1.26. The lowest BCUT2D eigenvalue weighted by atomic mass is 10.2. The molecule has 0 aliphatic carbocycles. The van der Waals surface area contributed by atoms with E-state index in [4.69, 9.17) is 4.74 Å². The second-order valence-electron chi connectivity index (χ2n) is 5.39. The molecule has 0 saturated carbocycles. The average molecular weight is 333 g/mol. The van der Waals surface area contributed by atoms with Gasteiger partial charge >= 0.3 is 6.03 Å². The first-order chi connectivity index (χ1) is 11.6. The van der Waals surface area contributed by atoms with Crippen molar-refractivity contribution < 1.29 is 23.5 Å². The fraction of sp³-hybridized carbons (Fsp3) is 0.312. The quantitative estimate of drug-likeness (QED) is 0.648. The third-order valence-electron chi connectivity index (χ3n) is 3.82. The first-order valence-electron chi connectivity index (χ1n) is 7.51. The number of halogens is 1. The van der Waals surface area contributed by atoms with Crippen molar-refractivity contribution in [3.8, 4) is 0 Å². The Bertz CT molecular complexity index is 713. The zero-order valence-electron chi connectivity index (χ0n) is 12.8. The summed E-state index contributed by atoms with van der Waals surface area (Å²) in [6.45, 7) is 1.38. The maximum absolute atomic E-state index is 13.7. The van der Waals surface area contributed by atoms with Crippen LogP contribution in [0.1, 0.15) is 5.56 Å². The van der Waals surface area contributed by atoms with Crippen LogP contribution in [0.3, 0.4) is 0 Å². The molecule has 126 valence electrons. The van der Waals surface area contributed by atoms with Gasteiger partial charge in [-0.2, -0.15) is 0 Å². The smallest absolute Gasteiger partial charge is 0.329 e. The minimum absolute atomic E-state index is 0.0557. The number of nitrogens with zero attached hydrogens (tertiary/aromatic N) is 2. The number of carbonyl (C=O) groups is 3. The molecule has 2 aliphatic heterocycles. The number of rotatable bonds is 3. The molecule has 0 aromatic heterocycles. The normalized spacial score (nSPS) is 19.8. The topological polar surface area (TPSA) is 79.0 Å². The van der Waals surface area contributed by atoms with Crippen molar-refractivity contribution in [3.05, 3.63) is 41.3 Å². The molecule has 4 amide bonds. The van der Waals surface area contributed by atoms with Crippen molar-refractivity contribution >= 4 is 23.9 Å². The van der Waals surface area contributed by atoms with Crippen LogP contribution in [0, 0.1) is 5.82 Å².